The summed E-state index contributed by atoms with van der Waals surface area (Å²) >= 11 is 0. The molecule has 10 nitrogen and oxygen atoms in total. The van der Waals surface area contributed by atoms with E-state index in [1.54, 1.807) is 41.5 Å². The van der Waals surface area contributed by atoms with Gasteiger partial charge in [0.25, 0.3) is 5.91 Å². The Morgan fingerprint density at radius 1 is 0.724 bits per heavy atom. The van der Waals surface area contributed by atoms with Gasteiger partial charge < -0.3 is 33.4 Å². The van der Waals surface area contributed by atoms with Crippen LogP contribution in [0.5, 0.6) is 0 Å². The van der Waals surface area contributed by atoms with Crippen LogP contribution in [0.2, 0.25) is 0 Å². The summed E-state index contributed by atoms with van der Waals surface area (Å²) < 4.78 is 65.1. The van der Waals surface area contributed by atoms with E-state index in [0.29, 0.717) is 24.0 Å². The van der Waals surface area contributed by atoms with Gasteiger partial charge in [-0.1, -0.05) is 26.7 Å². The Hall–Kier alpha value is -2.95. The largest absolute Gasteiger partial charge is 2.00 e. The molecular weight excluding hydrogens is 839 g/mol. The summed E-state index contributed by atoms with van der Waals surface area (Å²) in [5, 5.41) is 1.02. The number of ketones is 1. The van der Waals surface area contributed by atoms with Gasteiger partial charge in [0.2, 0.25) is 0 Å². The first-order valence-electron chi connectivity index (χ1n) is 19.1. The fourth-order valence-electron chi connectivity index (χ4n) is 6.18. The summed E-state index contributed by atoms with van der Waals surface area (Å²) in [6.07, 6.45) is 3.64. The van der Waals surface area contributed by atoms with Crippen molar-refractivity contribution in [2.75, 3.05) is 27.2 Å². The molecule has 2 unspecified atom stereocenters. The molecule has 4 atom stereocenters. The second kappa shape index (κ2) is 25.0. The third-order valence-corrected chi connectivity index (χ3v) is 8.94. The van der Waals surface area contributed by atoms with E-state index in [1.165, 1.54) is 54.6 Å². The maximum Gasteiger partial charge on any atom is 2.00 e. The number of carbonyl (C=O) groups is 4. The fraction of sp³-hybridized carbons (Fsp3) is 0.595. The first-order valence-corrected chi connectivity index (χ1v) is 19.1. The van der Waals surface area contributed by atoms with E-state index in [4.69, 9.17) is 14.3 Å². The van der Waals surface area contributed by atoms with Gasteiger partial charge in [-0.15, -0.1) is 0 Å². The van der Waals surface area contributed by atoms with Crippen LogP contribution in [0, 0.1) is 30.2 Å². The quantitative estimate of drug-likeness (QED) is 0.129. The van der Waals surface area contributed by atoms with Crippen LogP contribution in [0.3, 0.4) is 0 Å². The Labute approximate surface area is 368 Å². The Kier molecular flexibility index (Phi) is 23.7. The molecule has 2 aromatic rings. The average Bonchev–Trinajstić information content (AvgIpc) is 3.75. The maximum absolute atomic E-state index is 13.6. The molecule has 2 aromatic carbocycles. The second-order valence-electron chi connectivity index (χ2n) is 16.0. The standard InChI is InChI=1S/C20H27F2NO3.C18H24F2N2O4.C4H9.BrH.Mg/c1-5-6-7-18(24)17-10-14(13-8-15(21)11-16(22)9-13)12-23(17)19(25)26-20(2,3)4;1-18(2,3)26-17(24)22-10-12(8-15(22)16(23)21(4)25-5)11-6-13(19)9-14(20)7-11;1-3-4-2;;/h8-9,11,14,17H,5-7,10,12H2,1-4H3;6-7,9,12,15H,8,10H2,1-5H3;1,3-4H2,2H3;1H;/q;;-1;;+2/p-1/t14-,17?;12-,15?;;;/m11.../s1. The van der Waals surface area contributed by atoms with Crippen LogP contribution in [-0.4, -0.2) is 112 Å². The maximum atomic E-state index is 13.6. The Morgan fingerprint density at radius 3 is 1.41 bits per heavy atom. The Balaban J connectivity index is 0.000000994. The summed E-state index contributed by atoms with van der Waals surface area (Å²) in [5.41, 5.74) is -0.564. The molecule has 58 heavy (non-hydrogen) atoms. The minimum absolute atomic E-state index is 0. The van der Waals surface area contributed by atoms with Crippen molar-refractivity contribution in [2.45, 2.75) is 135 Å². The number of hydrogen-bond donors (Lipinski definition) is 0. The first-order chi connectivity index (χ1) is 26.0. The molecule has 2 aliphatic rings. The van der Waals surface area contributed by atoms with E-state index in [1.807, 2.05) is 6.92 Å². The van der Waals surface area contributed by atoms with Crippen molar-refractivity contribution >= 4 is 46.9 Å². The Bertz CT molecular complexity index is 1600. The molecule has 16 heteroatoms. The van der Waals surface area contributed by atoms with Crippen molar-refractivity contribution in [1.29, 1.82) is 0 Å². The van der Waals surface area contributed by atoms with Crippen molar-refractivity contribution < 1.29 is 68.0 Å². The van der Waals surface area contributed by atoms with Crippen molar-refractivity contribution in [2.24, 2.45) is 0 Å². The topological polar surface area (TPSA) is 106 Å². The number of likely N-dealkylation sites (tertiary alicyclic amines) is 2. The molecule has 0 radical (unpaired) electrons. The number of rotatable bonds is 9. The van der Waals surface area contributed by atoms with Gasteiger partial charge in [0, 0.05) is 50.5 Å². The van der Waals surface area contributed by atoms with E-state index in [2.05, 4.69) is 13.8 Å². The molecule has 322 valence electrons. The molecule has 0 spiro atoms. The zero-order valence-electron chi connectivity index (χ0n) is 35.6. The number of amides is 3. The zero-order valence-corrected chi connectivity index (χ0v) is 38.6. The fourth-order valence-corrected chi connectivity index (χ4v) is 6.18. The molecule has 0 aromatic heterocycles. The van der Waals surface area contributed by atoms with Gasteiger partial charge in [-0.3, -0.25) is 24.2 Å². The van der Waals surface area contributed by atoms with E-state index in [0.717, 1.165) is 36.5 Å². The van der Waals surface area contributed by atoms with Gasteiger partial charge in [0.05, 0.1) is 13.2 Å². The SMILES string of the molecule is CCCCC(=O)C1C[C@@H](c2cc(F)cc(F)c2)CN1C(=O)OC(C)(C)C.CON(C)C(=O)C1C[C@@H](c2cc(F)cc(F)c2)CN1C(=O)OC(C)(C)C.[Br-].[CH2-]CCC.[Mg+2]. The van der Waals surface area contributed by atoms with Crippen LogP contribution in [0.25, 0.3) is 0 Å². The second-order valence-corrected chi connectivity index (χ2v) is 16.0. The molecule has 0 N–H and O–H groups in total. The molecule has 2 aliphatic heterocycles. The van der Waals surface area contributed by atoms with Crippen LogP contribution in [0.4, 0.5) is 27.2 Å². The number of Topliss-reactive ketones (excluding diaryl/α,β-unsaturated/α-hetero) is 1. The summed E-state index contributed by atoms with van der Waals surface area (Å²) in [4.78, 5) is 57.9. The van der Waals surface area contributed by atoms with E-state index < -0.39 is 70.6 Å². The molecule has 0 bridgehead atoms. The molecule has 0 aliphatic carbocycles. The van der Waals surface area contributed by atoms with E-state index >= 15 is 0 Å². The number of likely N-dealkylation sites (N-methyl/N-ethyl adjacent to an activating group) is 1. The predicted molar refractivity (Wildman–Crippen MR) is 211 cm³/mol. The monoisotopic (exact) mass is 897 g/mol. The van der Waals surface area contributed by atoms with Gasteiger partial charge in [-0.05, 0) is 96.2 Å². The van der Waals surface area contributed by atoms with Crippen LogP contribution in [0.15, 0.2) is 36.4 Å². The molecular formula is C42H60BrF4MgN3O7. The average molecular weight is 899 g/mol. The number of unbranched alkanes of at least 4 members (excludes halogenated alkanes) is 2. The summed E-state index contributed by atoms with van der Waals surface area (Å²) in [7, 11) is 2.77. The van der Waals surface area contributed by atoms with Crippen LogP contribution >= 0.6 is 0 Å². The minimum atomic E-state index is -0.842. The minimum Gasteiger partial charge on any atom is -1.00 e. The number of carbonyl (C=O) groups excluding carboxylic acids is 4. The van der Waals surface area contributed by atoms with Crippen molar-refractivity contribution in [3.05, 3.63) is 77.7 Å². The molecule has 0 saturated carbocycles. The van der Waals surface area contributed by atoms with Gasteiger partial charge in [-0.2, -0.15) is 6.42 Å². The third-order valence-electron chi connectivity index (χ3n) is 8.94. The van der Waals surface area contributed by atoms with Crippen LogP contribution < -0.4 is 17.0 Å². The van der Waals surface area contributed by atoms with Gasteiger partial charge >= 0.3 is 35.2 Å². The number of nitrogens with zero attached hydrogens (tertiary/aromatic N) is 3. The number of ether oxygens (including phenoxy) is 2. The van der Waals surface area contributed by atoms with Gasteiger partial charge in [0.1, 0.15) is 40.5 Å². The van der Waals surface area contributed by atoms with Crippen molar-refractivity contribution in [3.63, 3.8) is 0 Å². The normalized spacial score (nSPS) is 18.7. The van der Waals surface area contributed by atoms with Crippen molar-refractivity contribution in [1.82, 2.24) is 14.9 Å². The molecule has 3 amide bonds. The van der Waals surface area contributed by atoms with Gasteiger partial charge in [0.15, 0.2) is 5.78 Å². The summed E-state index contributed by atoms with van der Waals surface area (Å²) in [5.74, 6) is -3.89. The molecule has 2 heterocycles. The van der Waals surface area contributed by atoms with Crippen LogP contribution in [0.1, 0.15) is 123 Å². The number of benzene rings is 2. The molecule has 4 rings (SSSR count). The number of hydrogen-bond acceptors (Lipinski definition) is 7. The van der Waals surface area contributed by atoms with E-state index in [9.17, 15) is 36.7 Å². The summed E-state index contributed by atoms with van der Waals surface area (Å²) in [6, 6.07) is 5.10. The third kappa shape index (κ3) is 17.7. The van der Waals surface area contributed by atoms with Gasteiger partial charge in [-0.25, -0.2) is 32.2 Å². The zero-order chi connectivity index (χ0) is 42.5. The van der Waals surface area contributed by atoms with Crippen molar-refractivity contribution in [3.8, 4) is 0 Å². The first kappa shape index (κ1) is 55.0. The summed E-state index contributed by atoms with van der Waals surface area (Å²) in [6.45, 7) is 18.5. The Morgan fingerprint density at radius 2 is 1.09 bits per heavy atom. The molecule has 2 fully saturated rings. The van der Waals surface area contributed by atoms with Crippen LogP contribution in [-0.2, 0) is 23.9 Å². The van der Waals surface area contributed by atoms with E-state index in [-0.39, 0.29) is 71.2 Å². The molecule has 2 saturated heterocycles. The number of hydroxylamine groups is 2. The number of halogens is 5. The smallest absolute Gasteiger partial charge is 1.00 e. The predicted octanol–water partition coefficient (Wildman–Crippen LogP) is 6.14.